The summed E-state index contributed by atoms with van der Waals surface area (Å²) in [6.45, 7) is 4.57. The third-order valence-electron chi connectivity index (χ3n) is 2.32. The molecule has 0 heterocycles. The van der Waals surface area contributed by atoms with Gasteiger partial charge in [0, 0.05) is 0 Å². The number of rotatable bonds is 6. The molecular formula is C10H23ClSn. The van der Waals surface area contributed by atoms with Crippen molar-refractivity contribution in [2.45, 2.75) is 53.8 Å². The predicted molar refractivity (Wildman–Crippen MR) is 61.4 cm³/mol. The van der Waals surface area contributed by atoms with Crippen LogP contribution in [0.2, 0.25) is 14.3 Å². The van der Waals surface area contributed by atoms with Crippen molar-refractivity contribution in [1.29, 1.82) is 0 Å². The summed E-state index contributed by atoms with van der Waals surface area (Å²) in [5.74, 6) is 0.924. The molecule has 0 saturated carbocycles. The molecule has 0 aliphatic rings. The van der Waals surface area contributed by atoms with Crippen molar-refractivity contribution >= 4 is 26.2 Å². The molecular weight excluding hydrogens is 274 g/mol. The van der Waals surface area contributed by atoms with E-state index in [1.54, 1.807) is 0 Å². The quantitative estimate of drug-likeness (QED) is 0.626. The summed E-state index contributed by atoms with van der Waals surface area (Å²) in [6, 6.07) is 0. The second kappa shape index (κ2) is 6.53. The molecule has 2 heteroatoms. The summed E-state index contributed by atoms with van der Waals surface area (Å²) >= 11 is -1.99. The van der Waals surface area contributed by atoms with Crippen LogP contribution in [0.4, 0.5) is 0 Å². The van der Waals surface area contributed by atoms with Gasteiger partial charge in [-0.3, -0.25) is 0 Å². The van der Waals surface area contributed by atoms with E-state index in [-0.39, 0.29) is 0 Å². The Labute approximate surface area is 85.7 Å². The number of halogens is 1. The van der Waals surface area contributed by atoms with Crippen molar-refractivity contribution in [2.24, 2.45) is 5.92 Å². The van der Waals surface area contributed by atoms with Crippen LogP contribution in [0.3, 0.4) is 0 Å². The van der Waals surface area contributed by atoms with E-state index in [1.165, 1.54) is 30.1 Å². The van der Waals surface area contributed by atoms with Crippen LogP contribution in [-0.4, -0.2) is 17.3 Å². The second-order valence-electron chi connectivity index (χ2n) is 4.34. The zero-order chi connectivity index (χ0) is 9.61. The van der Waals surface area contributed by atoms with Crippen LogP contribution in [-0.2, 0) is 0 Å². The summed E-state index contributed by atoms with van der Waals surface area (Å²) in [5.41, 5.74) is 0. The molecule has 0 bridgehead atoms. The van der Waals surface area contributed by atoms with Gasteiger partial charge in [0.15, 0.2) is 0 Å². The molecule has 0 aromatic rings. The monoisotopic (exact) mass is 298 g/mol. The normalized spacial score (nSPS) is 14.8. The van der Waals surface area contributed by atoms with E-state index < -0.39 is 17.3 Å². The third-order valence-corrected chi connectivity index (χ3v) is 7.77. The fourth-order valence-corrected chi connectivity index (χ4v) is 8.42. The molecule has 0 saturated heterocycles. The fourth-order valence-electron chi connectivity index (χ4n) is 1.63. The van der Waals surface area contributed by atoms with Gasteiger partial charge in [0.05, 0.1) is 0 Å². The summed E-state index contributed by atoms with van der Waals surface area (Å²) in [7, 11) is 6.40. The molecule has 1 unspecified atom stereocenters. The van der Waals surface area contributed by atoms with Crippen LogP contribution >= 0.6 is 8.92 Å². The molecule has 12 heavy (non-hydrogen) atoms. The van der Waals surface area contributed by atoms with Gasteiger partial charge in [-0.05, 0) is 0 Å². The summed E-state index contributed by atoms with van der Waals surface area (Å²) in [4.78, 5) is 4.65. The Morgan fingerprint density at radius 2 is 1.83 bits per heavy atom. The molecule has 0 aromatic carbocycles. The third kappa shape index (κ3) is 7.72. The van der Waals surface area contributed by atoms with Gasteiger partial charge < -0.3 is 0 Å². The Balaban J connectivity index is 3.67. The molecule has 0 nitrogen and oxygen atoms in total. The Morgan fingerprint density at radius 1 is 1.25 bits per heavy atom. The van der Waals surface area contributed by atoms with Crippen molar-refractivity contribution in [3.63, 3.8) is 0 Å². The fraction of sp³-hybridized carbons (Fsp3) is 1.00. The Kier molecular flexibility index (Phi) is 7.12. The molecule has 0 amide bonds. The van der Waals surface area contributed by atoms with Gasteiger partial charge in [-0.2, -0.15) is 0 Å². The van der Waals surface area contributed by atoms with Crippen molar-refractivity contribution in [1.82, 2.24) is 0 Å². The van der Waals surface area contributed by atoms with E-state index in [9.17, 15) is 0 Å². The first kappa shape index (κ1) is 13.1. The van der Waals surface area contributed by atoms with Crippen LogP contribution in [0.15, 0.2) is 0 Å². The molecule has 0 aliphatic carbocycles. The van der Waals surface area contributed by atoms with Gasteiger partial charge in [0.25, 0.3) is 0 Å². The number of unbranched alkanes of at least 4 members (excludes halogenated alkanes) is 1. The van der Waals surface area contributed by atoms with E-state index in [2.05, 4.69) is 23.7 Å². The van der Waals surface area contributed by atoms with E-state index in [4.69, 9.17) is 8.92 Å². The first-order valence-corrected chi connectivity index (χ1v) is 16.5. The molecule has 1 atom stereocenters. The van der Waals surface area contributed by atoms with Gasteiger partial charge in [0.1, 0.15) is 0 Å². The van der Waals surface area contributed by atoms with Gasteiger partial charge in [0.2, 0.25) is 0 Å². The minimum atomic E-state index is -1.99. The van der Waals surface area contributed by atoms with E-state index in [1.807, 2.05) is 0 Å². The molecule has 0 rings (SSSR count). The van der Waals surface area contributed by atoms with Crippen molar-refractivity contribution in [2.75, 3.05) is 0 Å². The summed E-state index contributed by atoms with van der Waals surface area (Å²) in [6.07, 6.45) is 5.44. The molecule has 0 N–H and O–H groups in total. The van der Waals surface area contributed by atoms with Gasteiger partial charge in [-0.1, -0.05) is 0 Å². The van der Waals surface area contributed by atoms with Gasteiger partial charge in [-0.15, -0.1) is 0 Å². The molecule has 74 valence electrons. The van der Waals surface area contributed by atoms with E-state index in [0.717, 1.165) is 5.92 Å². The standard InChI is InChI=1S/C8H17.2CH3.ClH.Sn/c1-4-6-7-8(3)5-2;;;;/h8H,3-7H2,1-2H3;2*1H3;1H;/q;;;;+1/p-1. The van der Waals surface area contributed by atoms with E-state index >= 15 is 0 Å². The van der Waals surface area contributed by atoms with Crippen LogP contribution < -0.4 is 0 Å². The first-order chi connectivity index (χ1) is 5.49. The Bertz CT molecular complexity index is 107. The van der Waals surface area contributed by atoms with Crippen LogP contribution in [0.1, 0.15) is 39.5 Å². The molecule has 0 aromatic heterocycles. The summed E-state index contributed by atoms with van der Waals surface area (Å²) in [5, 5.41) is 0. The number of hydrogen-bond donors (Lipinski definition) is 0. The van der Waals surface area contributed by atoms with Crippen LogP contribution in [0, 0.1) is 5.92 Å². The topological polar surface area (TPSA) is 0 Å². The molecule has 0 radical (unpaired) electrons. The molecule has 0 fully saturated rings. The van der Waals surface area contributed by atoms with Crippen molar-refractivity contribution in [3.8, 4) is 0 Å². The van der Waals surface area contributed by atoms with Crippen molar-refractivity contribution in [3.05, 3.63) is 0 Å². The van der Waals surface area contributed by atoms with E-state index in [0.29, 0.717) is 0 Å². The predicted octanol–water partition coefficient (Wildman–Crippen LogP) is 4.65. The Morgan fingerprint density at radius 3 is 2.17 bits per heavy atom. The maximum atomic E-state index is 6.40. The number of hydrogen-bond acceptors (Lipinski definition) is 0. The average molecular weight is 297 g/mol. The maximum absolute atomic E-state index is 6.40. The van der Waals surface area contributed by atoms with Crippen LogP contribution in [0.5, 0.6) is 0 Å². The summed E-state index contributed by atoms with van der Waals surface area (Å²) < 4.78 is 1.37. The Hall–Kier alpha value is 1.09. The minimum absolute atomic E-state index is 0.924. The van der Waals surface area contributed by atoms with Crippen LogP contribution in [0.25, 0.3) is 0 Å². The first-order valence-electron chi connectivity index (χ1n) is 5.18. The van der Waals surface area contributed by atoms with Crippen molar-refractivity contribution < 1.29 is 0 Å². The molecule has 0 aliphatic heterocycles. The van der Waals surface area contributed by atoms with Gasteiger partial charge in [-0.25, -0.2) is 0 Å². The SMILES string of the molecule is CCCCC(CC)[CH2][Sn]([CH3])([CH3])[Cl]. The van der Waals surface area contributed by atoms with Gasteiger partial charge >= 0.3 is 85.9 Å². The average Bonchev–Trinajstić information content (AvgIpc) is 1.95. The zero-order valence-electron chi connectivity index (χ0n) is 8.99. The second-order valence-corrected chi connectivity index (χ2v) is 22.2. The molecule has 0 spiro atoms. The zero-order valence-corrected chi connectivity index (χ0v) is 12.6.